The molecule has 0 bridgehead atoms. The summed E-state index contributed by atoms with van der Waals surface area (Å²) in [5.74, 6) is 0. The lowest BCUT2D eigenvalue weighted by Crippen LogP contribution is -2.38. The van der Waals surface area contributed by atoms with E-state index < -0.39 is 0 Å². The number of rotatable bonds is 3. The van der Waals surface area contributed by atoms with Crippen molar-refractivity contribution in [3.63, 3.8) is 0 Å². The molecular formula is C56H43BN2OS. The number of fused-ring (bicyclic) bond motifs is 14. The Morgan fingerprint density at radius 3 is 2.23 bits per heavy atom. The smallest absolute Gasteiger partial charge is 0.198 e. The van der Waals surface area contributed by atoms with Crippen molar-refractivity contribution in [1.29, 1.82) is 0 Å². The predicted molar refractivity (Wildman–Crippen MR) is 264 cm³/mol. The molecule has 0 fully saturated rings. The number of anilines is 2. The van der Waals surface area contributed by atoms with Crippen LogP contribution in [0.25, 0.3) is 91.9 Å². The predicted octanol–water partition coefficient (Wildman–Crippen LogP) is 14.1. The van der Waals surface area contributed by atoms with Gasteiger partial charge in [-0.25, -0.2) is 0 Å². The van der Waals surface area contributed by atoms with Gasteiger partial charge in [0.25, 0.3) is 0 Å². The number of aromatic nitrogens is 1. The van der Waals surface area contributed by atoms with Crippen molar-refractivity contribution in [2.45, 2.75) is 52.4 Å². The number of furan rings is 1. The van der Waals surface area contributed by atoms with Gasteiger partial charge in [0.05, 0.1) is 5.52 Å². The first-order chi connectivity index (χ1) is 29.5. The minimum absolute atomic E-state index is 0.0812. The molecular weight excluding hydrogens is 760 g/mol. The summed E-state index contributed by atoms with van der Waals surface area (Å²) in [4.78, 5) is 0. The Balaban J connectivity index is 1.13. The van der Waals surface area contributed by atoms with Crippen LogP contribution in [0.5, 0.6) is 0 Å². The van der Waals surface area contributed by atoms with Gasteiger partial charge in [-0.15, -0.1) is 11.3 Å². The topological polar surface area (TPSA) is 30.1 Å². The average Bonchev–Trinajstić information content (AvgIpc) is 3.97. The van der Waals surface area contributed by atoms with Gasteiger partial charge < -0.3 is 14.3 Å². The number of benzene rings is 8. The van der Waals surface area contributed by atoms with E-state index in [2.05, 4.69) is 191 Å². The highest BCUT2D eigenvalue weighted by atomic mass is 32.1. The summed E-state index contributed by atoms with van der Waals surface area (Å²) in [7, 11) is 0.832. The maximum atomic E-state index is 6.57. The van der Waals surface area contributed by atoms with Crippen molar-refractivity contribution in [3.8, 4) is 27.9 Å². The number of hydrogen-bond acceptors (Lipinski definition) is 3. The molecule has 1 aliphatic heterocycles. The fraction of sp³-hybridized carbons (Fsp3) is 0.143. The van der Waals surface area contributed by atoms with E-state index in [9.17, 15) is 0 Å². The molecule has 61 heavy (non-hydrogen) atoms. The number of hydrogen-bond donors (Lipinski definition) is 1. The summed E-state index contributed by atoms with van der Waals surface area (Å²) in [6, 6.07) is 52.5. The van der Waals surface area contributed by atoms with Crippen LogP contribution in [-0.2, 0) is 10.8 Å². The zero-order valence-corrected chi connectivity index (χ0v) is 36.1. The third-order valence-corrected chi connectivity index (χ3v) is 15.2. The van der Waals surface area contributed by atoms with E-state index in [1.807, 2.05) is 11.3 Å². The molecule has 0 amide bonds. The normalized spacial score (nSPS) is 14.0. The first-order valence-corrected chi connectivity index (χ1v) is 22.4. The van der Waals surface area contributed by atoms with Gasteiger partial charge in [0.2, 0.25) is 0 Å². The molecule has 292 valence electrons. The van der Waals surface area contributed by atoms with Crippen LogP contribution in [0, 0.1) is 6.92 Å². The second-order valence-corrected chi connectivity index (χ2v) is 20.1. The van der Waals surface area contributed by atoms with E-state index in [0.29, 0.717) is 0 Å². The largest absolute Gasteiger partial charge is 0.456 e. The Labute approximate surface area is 359 Å². The molecule has 5 heteroatoms. The second kappa shape index (κ2) is 12.1. The zero-order valence-electron chi connectivity index (χ0n) is 35.2. The van der Waals surface area contributed by atoms with E-state index in [4.69, 9.17) is 4.42 Å². The Kier molecular flexibility index (Phi) is 6.96. The van der Waals surface area contributed by atoms with Gasteiger partial charge in [-0.2, -0.15) is 0 Å². The van der Waals surface area contributed by atoms with Crippen molar-refractivity contribution in [3.05, 3.63) is 162 Å². The van der Waals surface area contributed by atoms with Crippen LogP contribution in [0.4, 0.5) is 11.4 Å². The number of nitrogens with zero attached hydrogens (tertiary/aromatic N) is 1. The molecule has 0 spiro atoms. The van der Waals surface area contributed by atoms with Crippen molar-refractivity contribution < 1.29 is 4.42 Å². The van der Waals surface area contributed by atoms with E-state index in [1.165, 1.54) is 103 Å². The molecule has 8 aromatic carbocycles. The minimum atomic E-state index is -0.0992. The zero-order chi connectivity index (χ0) is 41.1. The molecule has 0 saturated heterocycles. The Morgan fingerprint density at radius 1 is 0.623 bits per heavy atom. The Bertz CT molecular complexity index is 3720. The molecule has 2 aliphatic rings. The van der Waals surface area contributed by atoms with E-state index >= 15 is 0 Å². The van der Waals surface area contributed by atoms with Crippen LogP contribution >= 0.6 is 11.3 Å². The highest BCUT2D eigenvalue weighted by Gasteiger charge is 2.38. The van der Waals surface area contributed by atoms with Gasteiger partial charge in [-0.1, -0.05) is 125 Å². The minimum Gasteiger partial charge on any atom is -0.456 e. The van der Waals surface area contributed by atoms with Gasteiger partial charge in [-0.3, -0.25) is 0 Å². The maximum Gasteiger partial charge on any atom is 0.198 e. The first-order valence-electron chi connectivity index (χ1n) is 21.5. The Hall–Kier alpha value is -6.56. The van der Waals surface area contributed by atoms with Crippen LogP contribution in [0.15, 0.2) is 144 Å². The molecule has 3 aromatic heterocycles. The fourth-order valence-electron chi connectivity index (χ4n) is 11.0. The lowest BCUT2D eigenvalue weighted by molar-refractivity contribution is 0.590. The second-order valence-electron chi connectivity index (χ2n) is 19.1. The van der Waals surface area contributed by atoms with E-state index in [0.717, 1.165) is 40.6 Å². The molecule has 0 unspecified atom stereocenters. The van der Waals surface area contributed by atoms with Crippen LogP contribution in [0.1, 0.15) is 56.9 Å². The van der Waals surface area contributed by atoms with Crippen LogP contribution in [0.2, 0.25) is 0 Å². The molecule has 11 aromatic rings. The summed E-state index contributed by atoms with van der Waals surface area (Å²) in [5.41, 5.74) is 21.2. The highest BCUT2D eigenvalue weighted by molar-refractivity contribution is 7.25. The van der Waals surface area contributed by atoms with Crippen molar-refractivity contribution in [1.82, 2.24) is 4.57 Å². The van der Waals surface area contributed by atoms with E-state index in [-0.39, 0.29) is 10.8 Å². The molecule has 13 rings (SSSR count). The Morgan fingerprint density at radius 2 is 1.39 bits per heavy atom. The maximum absolute atomic E-state index is 6.57. The monoisotopic (exact) mass is 802 g/mol. The lowest BCUT2D eigenvalue weighted by Gasteiger charge is -2.27. The van der Waals surface area contributed by atoms with Crippen LogP contribution in [0.3, 0.4) is 0 Å². The van der Waals surface area contributed by atoms with Crippen molar-refractivity contribution in [2.24, 2.45) is 0 Å². The third kappa shape index (κ3) is 4.87. The molecule has 1 N–H and O–H groups in total. The summed E-state index contributed by atoms with van der Waals surface area (Å²) in [5, 5.41) is 11.4. The molecule has 0 saturated carbocycles. The first kappa shape index (κ1) is 35.2. The van der Waals surface area contributed by atoms with Gasteiger partial charge in [0, 0.05) is 75.3 Å². The van der Waals surface area contributed by atoms with Crippen LogP contribution in [-0.4, -0.2) is 11.8 Å². The molecule has 0 atom stereocenters. The number of aryl methyl sites for hydroxylation is 1. The number of nitrogens with one attached hydrogen (secondary N) is 1. The molecule has 4 heterocycles. The quantitative estimate of drug-likeness (QED) is 0.180. The molecule has 0 radical (unpaired) electrons. The number of thiophene rings is 1. The fourth-order valence-corrected chi connectivity index (χ4v) is 12.1. The standard InChI is InChI=1S/C56H43BN2OS/c1-30-23-40(37-24-39-35-15-9-12-18-50(35)61-51(39)29-45(37)58-32-21-19-31(20-22-32)55(2,3)4)53-54-52(30)41-27-49-38(34-14-8-11-17-48(34)60-49)26-46(41)59(54)47-25-36-33-13-7-10-16-42(33)56(5,6)43(36)28-44(47)57-53/h7-29,57-58H,1-6H3. The summed E-state index contributed by atoms with van der Waals surface area (Å²) < 4.78 is 11.8. The highest BCUT2D eigenvalue weighted by Crippen LogP contribution is 2.50. The number of para-hydroxylation sites is 1. The van der Waals surface area contributed by atoms with Crippen molar-refractivity contribution in [2.75, 3.05) is 5.32 Å². The third-order valence-electron chi connectivity index (χ3n) is 14.1. The van der Waals surface area contributed by atoms with Gasteiger partial charge >= 0.3 is 0 Å². The molecule has 1 aliphatic carbocycles. The summed E-state index contributed by atoms with van der Waals surface area (Å²) >= 11 is 1.87. The van der Waals surface area contributed by atoms with Crippen molar-refractivity contribution >= 4 is 105 Å². The average molecular weight is 803 g/mol. The van der Waals surface area contributed by atoms with Gasteiger partial charge in [-0.05, 0) is 111 Å². The van der Waals surface area contributed by atoms with E-state index in [1.54, 1.807) is 0 Å². The summed E-state index contributed by atoms with van der Waals surface area (Å²) in [6.45, 7) is 13.9. The van der Waals surface area contributed by atoms with Crippen LogP contribution < -0.4 is 16.2 Å². The SMILES string of the molecule is Cc1cc(-c2cc3c(cc2Nc2ccc(C(C)(C)C)cc2)sc2ccccc23)c2c3c1c1cc4oc5ccccc5c4cc1n3-c1cc3c(cc1B2)C(C)(C)c1ccccc1-3. The van der Waals surface area contributed by atoms with Gasteiger partial charge in [0.1, 0.15) is 11.2 Å². The lowest BCUT2D eigenvalue weighted by atomic mass is 9.58. The molecule has 3 nitrogen and oxygen atoms in total. The summed E-state index contributed by atoms with van der Waals surface area (Å²) in [6.07, 6.45) is 0. The van der Waals surface area contributed by atoms with Gasteiger partial charge in [0.15, 0.2) is 7.28 Å².